The molecule has 2 unspecified atom stereocenters. The van der Waals surface area contributed by atoms with Crippen LogP contribution in [0.15, 0.2) is 15.8 Å². The van der Waals surface area contributed by atoms with Gasteiger partial charge in [0.05, 0.1) is 12.6 Å². The number of aromatic amines is 1. The van der Waals surface area contributed by atoms with Gasteiger partial charge in [-0.1, -0.05) is 26.7 Å². The first-order valence-electron chi connectivity index (χ1n) is 9.96. The molecule has 1 aliphatic heterocycles. The number of nitrogens with one attached hydrogen (secondary N) is 1. The molecule has 4 atom stereocenters. The average molecular weight is 413 g/mol. The van der Waals surface area contributed by atoms with Crippen molar-refractivity contribution in [1.82, 2.24) is 9.55 Å². The molecule has 0 radical (unpaired) electrons. The van der Waals surface area contributed by atoms with Crippen molar-refractivity contribution < 1.29 is 24.1 Å². The number of nitrogens with two attached hydrogens (primary N) is 1. The normalized spacial score (nSPS) is 26.7. The highest BCUT2D eigenvalue weighted by molar-refractivity contribution is 5.79. The third kappa shape index (κ3) is 4.95. The van der Waals surface area contributed by atoms with E-state index in [4.69, 9.17) is 19.9 Å². The Morgan fingerprint density at radius 2 is 1.97 bits per heavy atom. The summed E-state index contributed by atoms with van der Waals surface area (Å²) in [6, 6.07) is -0.958. The maximum absolute atomic E-state index is 12.3. The first-order chi connectivity index (χ1) is 13.8. The van der Waals surface area contributed by atoms with Crippen LogP contribution >= 0.6 is 0 Å². The first kappa shape index (κ1) is 23.3. The van der Waals surface area contributed by atoms with E-state index >= 15 is 0 Å². The van der Waals surface area contributed by atoms with Gasteiger partial charge in [0.25, 0.3) is 5.56 Å². The molecule has 2 rings (SSSR count). The lowest BCUT2D eigenvalue weighted by molar-refractivity contribution is -0.192. The Morgan fingerprint density at radius 1 is 1.31 bits per heavy atom. The molecule has 0 aromatic carbocycles. The average Bonchev–Trinajstić information content (AvgIpc) is 2.95. The van der Waals surface area contributed by atoms with E-state index in [1.165, 1.54) is 13.1 Å². The molecule has 0 amide bonds. The largest absolute Gasteiger partial charge is 0.479 e. The zero-order valence-corrected chi connectivity index (χ0v) is 17.2. The molecule has 0 spiro atoms. The van der Waals surface area contributed by atoms with E-state index in [1.807, 2.05) is 13.8 Å². The Kier molecular flexibility index (Phi) is 8.14. The lowest BCUT2D eigenvalue weighted by atomic mass is 9.94. The number of aliphatic carboxylic acids is 1. The highest BCUT2D eigenvalue weighted by Gasteiger charge is 2.61. The van der Waals surface area contributed by atoms with Crippen LogP contribution in [-0.4, -0.2) is 58.2 Å². The highest BCUT2D eigenvalue weighted by Crippen LogP contribution is 2.38. The van der Waals surface area contributed by atoms with Gasteiger partial charge in [-0.25, -0.2) is 9.59 Å². The number of ether oxygens (including phenoxy) is 3. The molecule has 1 aromatic heterocycles. The highest BCUT2D eigenvalue weighted by atomic mass is 16.6. The summed E-state index contributed by atoms with van der Waals surface area (Å²) >= 11 is 0. The predicted molar refractivity (Wildman–Crippen MR) is 105 cm³/mol. The molecule has 10 nitrogen and oxygen atoms in total. The van der Waals surface area contributed by atoms with Crippen molar-refractivity contribution in [3.05, 3.63) is 32.6 Å². The Labute approximate surface area is 169 Å². The molecular weight excluding hydrogens is 382 g/mol. The maximum atomic E-state index is 12.3. The molecule has 1 saturated heterocycles. The molecule has 10 heteroatoms. The molecule has 1 fully saturated rings. The van der Waals surface area contributed by atoms with Crippen LogP contribution in [0.1, 0.15) is 51.3 Å². The lowest BCUT2D eigenvalue weighted by Crippen LogP contribution is -2.56. The Balaban J connectivity index is 2.41. The number of rotatable bonds is 11. The third-order valence-electron chi connectivity index (χ3n) is 5.01. The number of unbranched alkanes of at least 4 members (excludes halogenated alkanes) is 2. The molecule has 164 valence electrons. The second-order valence-electron chi connectivity index (χ2n) is 7.31. The minimum atomic E-state index is -1.87. The van der Waals surface area contributed by atoms with Gasteiger partial charge in [0, 0.05) is 25.0 Å². The van der Waals surface area contributed by atoms with E-state index in [2.05, 4.69) is 4.98 Å². The fraction of sp³-hybridized carbons (Fsp3) is 0.737. The third-order valence-corrected chi connectivity index (χ3v) is 5.01. The van der Waals surface area contributed by atoms with E-state index in [0.717, 1.165) is 30.3 Å². The zero-order valence-electron chi connectivity index (χ0n) is 17.2. The monoisotopic (exact) mass is 413 g/mol. The quantitative estimate of drug-likeness (QED) is 0.445. The first-order valence-corrected chi connectivity index (χ1v) is 9.96. The molecule has 0 bridgehead atoms. The van der Waals surface area contributed by atoms with Crippen molar-refractivity contribution in [2.45, 2.75) is 70.4 Å². The predicted octanol–water partition coefficient (Wildman–Crippen LogP) is 0.527. The molecule has 1 aromatic rings. The van der Waals surface area contributed by atoms with Crippen LogP contribution in [-0.2, 0) is 19.0 Å². The number of aromatic nitrogens is 2. The van der Waals surface area contributed by atoms with Gasteiger partial charge >= 0.3 is 11.7 Å². The van der Waals surface area contributed by atoms with E-state index < -0.39 is 41.2 Å². The molecular formula is C19H31N3O7. The fourth-order valence-electron chi connectivity index (χ4n) is 3.26. The number of nitrogens with zero attached hydrogens (tertiary/aromatic N) is 1. The van der Waals surface area contributed by atoms with E-state index in [-0.39, 0.29) is 12.2 Å². The van der Waals surface area contributed by atoms with Crippen molar-refractivity contribution >= 4 is 5.97 Å². The van der Waals surface area contributed by atoms with Gasteiger partial charge in [0.2, 0.25) is 5.60 Å². The summed E-state index contributed by atoms with van der Waals surface area (Å²) in [6.07, 6.45) is 2.39. The van der Waals surface area contributed by atoms with Crippen LogP contribution in [0.25, 0.3) is 0 Å². The number of carboxylic acid groups (broad SMARTS) is 1. The summed E-state index contributed by atoms with van der Waals surface area (Å²) in [7, 11) is 0. The topological polar surface area (TPSA) is 146 Å². The van der Waals surface area contributed by atoms with E-state index in [9.17, 15) is 19.5 Å². The van der Waals surface area contributed by atoms with Gasteiger partial charge < -0.3 is 25.1 Å². The summed E-state index contributed by atoms with van der Waals surface area (Å²) < 4.78 is 18.4. The minimum Gasteiger partial charge on any atom is -0.479 e. The van der Waals surface area contributed by atoms with Crippen LogP contribution in [0, 0.1) is 6.92 Å². The van der Waals surface area contributed by atoms with Crippen molar-refractivity contribution in [2.24, 2.45) is 5.73 Å². The smallest absolute Gasteiger partial charge is 0.341 e. The van der Waals surface area contributed by atoms with Crippen LogP contribution in [0.2, 0.25) is 0 Å². The summed E-state index contributed by atoms with van der Waals surface area (Å²) in [6.45, 7) is 5.92. The lowest BCUT2D eigenvalue weighted by Gasteiger charge is -2.30. The van der Waals surface area contributed by atoms with Crippen molar-refractivity contribution in [3.8, 4) is 0 Å². The van der Waals surface area contributed by atoms with E-state index in [0.29, 0.717) is 13.2 Å². The van der Waals surface area contributed by atoms with Gasteiger partial charge in [0.1, 0.15) is 6.10 Å². The zero-order chi connectivity index (χ0) is 21.6. The fourth-order valence-corrected chi connectivity index (χ4v) is 3.26. The number of carbonyl (C=O) groups is 1. The van der Waals surface area contributed by atoms with Gasteiger partial charge in [-0.2, -0.15) is 0 Å². The van der Waals surface area contributed by atoms with Crippen LogP contribution in [0.4, 0.5) is 0 Å². The molecule has 2 heterocycles. The standard InChI is InChI=1S/C19H31N3O7/c1-4-6-8-27-11-19(17(24)25)14(28-9-7-5-2)13(20)16(29-19)22-10-12(3)15(23)21-18(22)26/h10,13-14,16H,4-9,11,20H2,1-3H3,(H,24,25)(H,21,23,26)/t13?,14?,16-,19-/m1/s1. The molecule has 29 heavy (non-hydrogen) atoms. The summed E-state index contributed by atoms with van der Waals surface area (Å²) in [5.74, 6) is -1.28. The van der Waals surface area contributed by atoms with E-state index in [1.54, 1.807) is 0 Å². The van der Waals surface area contributed by atoms with Gasteiger partial charge in [0.15, 0.2) is 6.23 Å². The van der Waals surface area contributed by atoms with Crippen LogP contribution in [0.5, 0.6) is 0 Å². The summed E-state index contributed by atoms with van der Waals surface area (Å²) in [5, 5.41) is 10.0. The Morgan fingerprint density at radius 3 is 2.59 bits per heavy atom. The number of hydrogen-bond acceptors (Lipinski definition) is 7. The Hall–Kier alpha value is -2.01. The van der Waals surface area contributed by atoms with Gasteiger partial charge in [-0.05, 0) is 19.8 Å². The maximum Gasteiger partial charge on any atom is 0.341 e. The van der Waals surface area contributed by atoms with Crippen molar-refractivity contribution in [1.29, 1.82) is 0 Å². The van der Waals surface area contributed by atoms with Gasteiger partial charge in [-0.3, -0.25) is 14.3 Å². The second-order valence-corrected chi connectivity index (χ2v) is 7.31. The molecule has 0 aliphatic carbocycles. The van der Waals surface area contributed by atoms with Crippen LogP contribution < -0.4 is 17.0 Å². The number of carboxylic acids is 1. The minimum absolute atomic E-state index is 0.263. The number of hydrogen-bond donors (Lipinski definition) is 3. The summed E-state index contributed by atoms with van der Waals surface area (Å²) in [4.78, 5) is 38.5. The number of aryl methyl sites for hydroxylation is 1. The SMILES string of the molecule is CCCCOC[C@@]1(C(=O)O)O[C@@H](n2cc(C)c(=O)[nH]c2=O)C(N)C1OCCCC. The van der Waals surface area contributed by atoms with Gasteiger partial charge in [-0.15, -0.1) is 0 Å². The van der Waals surface area contributed by atoms with Crippen molar-refractivity contribution in [2.75, 3.05) is 19.8 Å². The summed E-state index contributed by atoms with van der Waals surface area (Å²) in [5.41, 5.74) is 3.46. The Bertz CT molecular complexity index is 806. The second kappa shape index (κ2) is 10.1. The molecule has 0 saturated carbocycles. The van der Waals surface area contributed by atoms with Crippen LogP contribution in [0.3, 0.4) is 0 Å². The molecule has 1 aliphatic rings. The van der Waals surface area contributed by atoms with Crippen molar-refractivity contribution in [3.63, 3.8) is 0 Å². The molecule has 4 N–H and O–H groups in total. The number of H-pyrrole nitrogens is 1.